The molecule has 0 aliphatic rings. The molecule has 1 unspecified atom stereocenters. The van der Waals surface area contributed by atoms with Crippen molar-refractivity contribution in [3.8, 4) is 0 Å². The minimum Gasteiger partial charge on any atom is -0.347 e. The molecule has 0 fully saturated rings. The molecule has 1 amide bonds. The van der Waals surface area contributed by atoms with Crippen LogP contribution in [0.1, 0.15) is 13.3 Å². The second-order valence-corrected chi connectivity index (χ2v) is 5.85. The van der Waals surface area contributed by atoms with Crippen LogP contribution in [0.3, 0.4) is 0 Å². The predicted molar refractivity (Wildman–Crippen MR) is 66.5 cm³/mol. The molecule has 7 nitrogen and oxygen atoms in total. The number of carbonyl (C=O) groups excluding carboxylic acids is 1. The largest absolute Gasteiger partial charge is 0.347 e. The van der Waals surface area contributed by atoms with Gasteiger partial charge in [0.2, 0.25) is 5.91 Å². The summed E-state index contributed by atoms with van der Waals surface area (Å²) in [5.74, 6) is -0.291. The van der Waals surface area contributed by atoms with Crippen molar-refractivity contribution in [3.63, 3.8) is 0 Å². The van der Waals surface area contributed by atoms with Crippen molar-refractivity contribution in [2.45, 2.75) is 19.4 Å². The molecule has 0 aliphatic heterocycles. The summed E-state index contributed by atoms with van der Waals surface area (Å²) < 4.78 is 27.0. The van der Waals surface area contributed by atoms with Crippen LogP contribution in [0.4, 0.5) is 0 Å². The monoisotopic (exact) mass is 266 g/mol. The van der Waals surface area contributed by atoms with E-state index in [-0.39, 0.29) is 5.91 Å². The quantitative estimate of drug-likeness (QED) is 0.591. The zero-order valence-electron chi connectivity index (χ0n) is 10.8. The van der Waals surface area contributed by atoms with Gasteiger partial charge in [0.15, 0.2) is 0 Å². The Morgan fingerprint density at radius 1 is 1.35 bits per heavy atom. The highest BCUT2D eigenvalue weighted by Gasteiger charge is 2.24. The molecule has 102 valence electrons. The van der Waals surface area contributed by atoms with Crippen LogP contribution in [-0.4, -0.2) is 63.8 Å². The minimum atomic E-state index is -3.63. The number of likely N-dealkylation sites (N-methyl/N-ethyl adjacent to an activating group) is 1. The maximum absolute atomic E-state index is 11.8. The van der Waals surface area contributed by atoms with Crippen molar-refractivity contribution >= 4 is 16.1 Å². The van der Waals surface area contributed by atoms with Crippen LogP contribution in [0.15, 0.2) is 0 Å². The lowest BCUT2D eigenvalue weighted by atomic mass is 10.3. The summed E-state index contributed by atoms with van der Waals surface area (Å²) in [6.07, 6.45) is 0.577. The van der Waals surface area contributed by atoms with E-state index in [4.69, 9.17) is 5.73 Å². The Morgan fingerprint density at radius 3 is 2.29 bits per heavy atom. The second-order valence-electron chi connectivity index (χ2n) is 4.04. The SMILES string of the molecule is CC(NS(=O)(=O)N(C)CCCN)C(=O)N(C)C. The number of nitrogens with zero attached hydrogens (tertiary/aromatic N) is 2. The summed E-state index contributed by atoms with van der Waals surface area (Å²) in [6.45, 7) is 2.26. The van der Waals surface area contributed by atoms with E-state index in [0.29, 0.717) is 19.5 Å². The third-order valence-electron chi connectivity index (χ3n) is 2.22. The number of hydrogen-bond acceptors (Lipinski definition) is 4. The summed E-state index contributed by atoms with van der Waals surface area (Å²) >= 11 is 0. The van der Waals surface area contributed by atoms with Crippen molar-refractivity contribution < 1.29 is 13.2 Å². The van der Waals surface area contributed by atoms with E-state index < -0.39 is 16.3 Å². The van der Waals surface area contributed by atoms with Gasteiger partial charge in [-0.15, -0.1) is 0 Å². The maximum Gasteiger partial charge on any atom is 0.279 e. The van der Waals surface area contributed by atoms with Gasteiger partial charge in [-0.3, -0.25) is 4.79 Å². The fraction of sp³-hybridized carbons (Fsp3) is 0.889. The summed E-state index contributed by atoms with van der Waals surface area (Å²) in [6, 6.07) is -0.782. The van der Waals surface area contributed by atoms with E-state index in [9.17, 15) is 13.2 Å². The molecule has 0 radical (unpaired) electrons. The molecule has 3 N–H and O–H groups in total. The number of amides is 1. The third-order valence-corrected chi connectivity index (χ3v) is 3.88. The van der Waals surface area contributed by atoms with E-state index >= 15 is 0 Å². The average Bonchev–Trinajstić information content (AvgIpc) is 2.23. The van der Waals surface area contributed by atoms with Gasteiger partial charge in [-0.1, -0.05) is 0 Å². The van der Waals surface area contributed by atoms with E-state index in [1.807, 2.05) is 0 Å². The molecule has 0 saturated carbocycles. The molecular weight excluding hydrogens is 244 g/mol. The Balaban J connectivity index is 4.49. The van der Waals surface area contributed by atoms with Gasteiger partial charge < -0.3 is 10.6 Å². The highest BCUT2D eigenvalue weighted by atomic mass is 32.2. The molecular formula is C9H22N4O3S. The molecule has 0 heterocycles. The van der Waals surface area contributed by atoms with Gasteiger partial charge in [-0.05, 0) is 19.9 Å². The number of carbonyl (C=O) groups is 1. The second kappa shape index (κ2) is 6.90. The molecule has 1 atom stereocenters. The molecule has 0 spiro atoms. The Hall–Kier alpha value is -0.700. The third kappa shape index (κ3) is 5.44. The van der Waals surface area contributed by atoms with Gasteiger partial charge in [-0.2, -0.15) is 17.4 Å². The van der Waals surface area contributed by atoms with Crippen LogP contribution < -0.4 is 10.5 Å². The number of rotatable bonds is 7. The fourth-order valence-electron chi connectivity index (χ4n) is 1.19. The van der Waals surface area contributed by atoms with Crippen LogP contribution in [0, 0.1) is 0 Å². The average molecular weight is 266 g/mol. The van der Waals surface area contributed by atoms with E-state index in [2.05, 4.69) is 4.72 Å². The van der Waals surface area contributed by atoms with Crippen molar-refractivity contribution in [3.05, 3.63) is 0 Å². The van der Waals surface area contributed by atoms with E-state index in [0.717, 1.165) is 4.31 Å². The standard InChI is InChI=1S/C9H22N4O3S/c1-8(9(14)12(2)3)11-17(15,16)13(4)7-5-6-10/h8,11H,5-7,10H2,1-4H3. The fourth-order valence-corrected chi connectivity index (χ4v) is 2.28. The van der Waals surface area contributed by atoms with Crippen molar-refractivity contribution in [2.24, 2.45) is 5.73 Å². The van der Waals surface area contributed by atoms with E-state index in [1.165, 1.54) is 18.9 Å². The predicted octanol–water partition coefficient (Wildman–Crippen LogP) is -1.42. The highest BCUT2D eigenvalue weighted by molar-refractivity contribution is 7.87. The normalized spacial score (nSPS) is 13.8. The van der Waals surface area contributed by atoms with Crippen LogP contribution in [0.5, 0.6) is 0 Å². The van der Waals surface area contributed by atoms with Crippen LogP contribution >= 0.6 is 0 Å². The van der Waals surface area contributed by atoms with Gasteiger partial charge >= 0.3 is 0 Å². The lowest BCUT2D eigenvalue weighted by Crippen LogP contribution is -2.49. The lowest BCUT2D eigenvalue weighted by molar-refractivity contribution is -0.130. The minimum absolute atomic E-state index is 0.291. The number of hydrogen-bond donors (Lipinski definition) is 2. The highest BCUT2D eigenvalue weighted by Crippen LogP contribution is 1.99. The first-order chi connectivity index (χ1) is 7.72. The van der Waals surface area contributed by atoms with Gasteiger partial charge in [0, 0.05) is 27.7 Å². The van der Waals surface area contributed by atoms with Gasteiger partial charge in [0.25, 0.3) is 10.2 Å². The maximum atomic E-state index is 11.8. The van der Waals surface area contributed by atoms with Gasteiger partial charge in [-0.25, -0.2) is 0 Å². The zero-order chi connectivity index (χ0) is 13.6. The molecule has 0 bridgehead atoms. The Morgan fingerprint density at radius 2 is 1.88 bits per heavy atom. The van der Waals surface area contributed by atoms with Crippen molar-refractivity contribution in [1.29, 1.82) is 0 Å². The molecule has 0 aromatic heterocycles. The van der Waals surface area contributed by atoms with E-state index in [1.54, 1.807) is 14.1 Å². The molecule has 0 rings (SSSR count). The zero-order valence-corrected chi connectivity index (χ0v) is 11.6. The first-order valence-corrected chi connectivity index (χ1v) is 6.81. The molecule has 0 saturated heterocycles. The summed E-state index contributed by atoms with van der Waals surface area (Å²) in [5, 5.41) is 0. The van der Waals surface area contributed by atoms with Gasteiger partial charge in [0.05, 0.1) is 6.04 Å². The molecule has 17 heavy (non-hydrogen) atoms. The number of nitrogens with two attached hydrogens (primary N) is 1. The topological polar surface area (TPSA) is 95.7 Å². The smallest absolute Gasteiger partial charge is 0.279 e. The summed E-state index contributed by atoms with van der Waals surface area (Å²) in [4.78, 5) is 12.9. The Labute approximate surface area is 103 Å². The molecule has 0 aromatic rings. The van der Waals surface area contributed by atoms with Gasteiger partial charge in [0.1, 0.15) is 0 Å². The van der Waals surface area contributed by atoms with Crippen molar-refractivity contribution in [1.82, 2.24) is 13.9 Å². The Kier molecular flexibility index (Phi) is 6.61. The van der Waals surface area contributed by atoms with Crippen LogP contribution in [-0.2, 0) is 15.0 Å². The molecule has 0 aliphatic carbocycles. The first-order valence-electron chi connectivity index (χ1n) is 5.37. The summed E-state index contributed by atoms with van der Waals surface area (Å²) in [5.41, 5.74) is 5.31. The van der Waals surface area contributed by atoms with Crippen LogP contribution in [0.25, 0.3) is 0 Å². The Bertz CT molecular complexity index is 342. The molecule has 8 heteroatoms. The molecule has 0 aromatic carbocycles. The lowest BCUT2D eigenvalue weighted by Gasteiger charge is -2.22. The first kappa shape index (κ1) is 16.3. The van der Waals surface area contributed by atoms with Crippen LogP contribution in [0.2, 0.25) is 0 Å². The number of nitrogens with one attached hydrogen (secondary N) is 1. The summed E-state index contributed by atoms with van der Waals surface area (Å²) in [7, 11) is 0.969. The van der Waals surface area contributed by atoms with Crippen molar-refractivity contribution in [2.75, 3.05) is 34.2 Å².